The highest BCUT2D eigenvalue weighted by Crippen LogP contribution is 2.40. The highest BCUT2D eigenvalue weighted by molar-refractivity contribution is 5.92. The van der Waals surface area contributed by atoms with E-state index < -0.39 is 0 Å². The fourth-order valence-corrected chi connectivity index (χ4v) is 5.04. The summed E-state index contributed by atoms with van der Waals surface area (Å²) in [5.74, 6) is -0.377. The molecule has 2 aliphatic carbocycles. The molecule has 0 fully saturated rings. The average molecular weight is 412 g/mol. The van der Waals surface area contributed by atoms with Crippen LogP contribution >= 0.6 is 0 Å². The number of nitriles is 2. The molecule has 0 radical (unpaired) electrons. The second kappa shape index (κ2) is 6.92. The molecule has 0 heterocycles. The van der Waals surface area contributed by atoms with E-state index in [0.29, 0.717) is 34.4 Å². The molecule has 0 atom stereocenters. The second-order valence-corrected chi connectivity index (χ2v) is 7.92. The number of fused-ring (bicyclic) bond motifs is 6. The Bertz CT molecular complexity index is 1520. The maximum absolute atomic E-state index is 14.0. The Hall–Kier alpha value is -4.71. The number of rotatable bonds is 0. The summed E-state index contributed by atoms with van der Waals surface area (Å²) in [6.07, 6.45) is 0.826. The van der Waals surface area contributed by atoms with Gasteiger partial charge in [-0.2, -0.15) is 0 Å². The number of hydrogen-bond donors (Lipinski definition) is 0. The number of aryl methyl sites for hydroxylation is 1. The Balaban J connectivity index is 2.12. The molecule has 3 aromatic carbocycles. The lowest BCUT2D eigenvalue weighted by molar-refractivity contribution is 0.626. The van der Waals surface area contributed by atoms with Crippen LogP contribution in [0.1, 0.15) is 27.8 Å². The van der Waals surface area contributed by atoms with E-state index in [4.69, 9.17) is 13.1 Å². The third kappa shape index (κ3) is 2.50. The minimum absolute atomic E-state index is 0.0351. The van der Waals surface area contributed by atoms with Crippen LogP contribution in [0.3, 0.4) is 0 Å². The summed E-state index contributed by atoms with van der Waals surface area (Å²) in [5, 5.41) is 20.7. The monoisotopic (exact) mass is 412 g/mol. The van der Waals surface area contributed by atoms with Gasteiger partial charge in [0.2, 0.25) is 0 Å². The lowest BCUT2D eigenvalue weighted by atomic mass is 9.90. The zero-order valence-electron chi connectivity index (χ0n) is 17.0. The first-order chi connectivity index (χ1) is 15.5. The third-order valence-corrected chi connectivity index (χ3v) is 6.22. The van der Waals surface area contributed by atoms with Crippen LogP contribution in [0.15, 0.2) is 36.4 Å². The van der Waals surface area contributed by atoms with Gasteiger partial charge in [-0.25, -0.2) is 24.6 Å². The van der Waals surface area contributed by atoms with Crippen molar-refractivity contribution in [3.8, 4) is 34.4 Å². The summed E-state index contributed by atoms with van der Waals surface area (Å²) in [4.78, 5) is 7.03. The third-order valence-electron chi connectivity index (χ3n) is 6.22. The summed E-state index contributed by atoms with van der Waals surface area (Å²) in [6.45, 7) is 17.3. The Morgan fingerprint density at radius 3 is 1.84 bits per heavy atom. The molecule has 4 nitrogen and oxygen atoms in total. The molecule has 0 aliphatic heterocycles. The van der Waals surface area contributed by atoms with Crippen molar-refractivity contribution in [1.29, 1.82) is 10.5 Å². The molecule has 0 aromatic heterocycles. The van der Waals surface area contributed by atoms with Gasteiger partial charge in [-0.15, -0.1) is 0 Å². The quantitative estimate of drug-likeness (QED) is 0.355. The predicted octanol–water partition coefficient (Wildman–Crippen LogP) is 4.38. The molecule has 0 saturated carbocycles. The first-order valence-corrected chi connectivity index (χ1v) is 9.92. The van der Waals surface area contributed by atoms with Gasteiger partial charge >= 0.3 is 0 Å². The van der Waals surface area contributed by atoms with Crippen LogP contribution in [0, 0.1) is 48.5 Å². The minimum atomic E-state index is -0.377. The molecule has 2 aliphatic rings. The highest BCUT2D eigenvalue weighted by atomic mass is 19.1. The van der Waals surface area contributed by atoms with Crippen LogP contribution in [0.25, 0.3) is 43.3 Å². The maximum atomic E-state index is 14.0. The fraction of sp³-hybridized carbons (Fsp3) is 0.111. The standard InChI is InChI=1S/C27H13FN4/c1-14-4-6-18-15(8-14)10-20-24(18)27(23(13-30)32-3)21-11-16-9-17(28)5-7-19(16)25(21)26(20)22(12-29)31-2/h4-9H,10-11H2,1H3/b26-22-,27-23+. The number of benzene rings is 3. The Kier molecular flexibility index (Phi) is 4.17. The van der Waals surface area contributed by atoms with Crippen molar-refractivity contribution >= 4 is 11.4 Å². The molecule has 148 valence electrons. The lowest BCUT2D eigenvalue weighted by Crippen LogP contribution is -2.25. The van der Waals surface area contributed by atoms with Gasteiger partial charge in [0.1, 0.15) is 5.82 Å². The van der Waals surface area contributed by atoms with Gasteiger partial charge in [-0.1, -0.05) is 29.8 Å². The number of nitrogens with zero attached hydrogens (tertiary/aromatic N) is 4. The van der Waals surface area contributed by atoms with Crippen LogP contribution in [0.2, 0.25) is 0 Å². The van der Waals surface area contributed by atoms with Crippen LogP contribution in [-0.4, -0.2) is 0 Å². The first kappa shape index (κ1) is 19.3. The van der Waals surface area contributed by atoms with E-state index in [2.05, 4.69) is 15.8 Å². The van der Waals surface area contributed by atoms with Crippen LogP contribution in [0.5, 0.6) is 0 Å². The van der Waals surface area contributed by atoms with Gasteiger partial charge in [-0.3, -0.25) is 0 Å². The average Bonchev–Trinajstić information content (AvgIpc) is 3.33. The van der Waals surface area contributed by atoms with Crippen molar-refractivity contribution < 1.29 is 4.39 Å². The molecule has 0 unspecified atom stereocenters. The van der Waals surface area contributed by atoms with Gasteiger partial charge < -0.3 is 0 Å². The van der Waals surface area contributed by atoms with Crippen molar-refractivity contribution in [3.63, 3.8) is 0 Å². The van der Waals surface area contributed by atoms with E-state index in [9.17, 15) is 14.9 Å². The molecule has 3 aromatic rings. The predicted molar refractivity (Wildman–Crippen MR) is 118 cm³/mol. The van der Waals surface area contributed by atoms with E-state index in [-0.39, 0.29) is 17.2 Å². The highest BCUT2D eigenvalue weighted by Gasteiger charge is 2.31. The van der Waals surface area contributed by atoms with E-state index in [1.807, 2.05) is 31.2 Å². The van der Waals surface area contributed by atoms with Gasteiger partial charge in [0.25, 0.3) is 11.4 Å². The van der Waals surface area contributed by atoms with E-state index in [0.717, 1.165) is 38.9 Å². The summed E-state index contributed by atoms with van der Waals surface area (Å²) < 4.78 is 14.0. The molecular weight excluding hydrogens is 399 g/mol. The van der Waals surface area contributed by atoms with Gasteiger partial charge in [0.15, 0.2) is 0 Å². The largest absolute Gasteiger partial charge is 0.269 e. The van der Waals surface area contributed by atoms with Crippen molar-refractivity contribution in [3.05, 3.63) is 103 Å². The summed E-state index contributed by atoms with van der Waals surface area (Å²) in [6, 6.07) is 14.5. The maximum Gasteiger partial charge on any atom is 0.269 e. The van der Waals surface area contributed by atoms with Crippen molar-refractivity contribution in [2.75, 3.05) is 0 Å². The summed E-state index contributed by atoms with van der Waals surface area (Å²) in [7, 11) is 0. The zero-order chi connectivity index (χ0) is 22.6. The summed E-state index contributed by atoms with van der Waals surface area (Å²) in [5.41, 5.74) is 7.31. The summed E-state index contributed by atoms with van der Waals surface area (Å²) >= 11 is 0. The van der Waals surface area contributed by atoms with Crippen molar-refractivity contribution in [2.45, 2.75) is 19.8 Å². The normalized spacial score (nSPS) is 13.9. The molecule has 0 saturated heterocycles. The van der Waals surface area contributed by atoms with Gasteiger partial charge in [0.05, 0.1) is 25.3 Å². The molecular formula is C27H13FN4. The zero-order valence-corrected chi connectivity index (χ0v) is 17.0. The van der Waals surface area contributed by atoms with E-state index in [1.165, 1.54) is 12.1 Å². The molecule has 0 amide bonds. The van der Waals surface area contributed by atoms with Crippen LogP contribution < -0.4 is 10.4 Å². The SMILES string of the molecule is [C-]#[N+]/C(C#N)=c1/c2c(/c(=C(\C#N)[N+]#[C-])c3c1-c1ccc(F)cc1C3)-c1ccc(C)cc1C2. The molecule has 0 bridgehead atoms. The second-order valence-electron chi connectivity index (χ2n) is 7.92. The number of halogens is 1. The topological polar surface area (TPSA) is 56.3 Å². The molecule has 32 heavy (non-hydrogen) atoms. The van der Waals surface area contributed by atoms with Crippen LogP contribution in [0.4, 0.5) is 4.39 Å². The van der Waals surface area contributed by atoms with E-state index in [1.54, 1.807) is 6.07 Å². The molecule has 0 spiro atoms. The molecule has 5 heteroatoms. The minimum Gasteiger partial charge on any atom is -0.226 e. The Labute approximate surface area is 184 Å². The van der Waals surface area contributed by atoms with Crippen molar-refractivity contribution in [2.24, 2.45) is 0 Å². The van der Waals surface area contributed by atoms with Crippen LogP contribution in [-0.2, 0) is 12.8 Å². The van der Waals surface area contributed by atoms with E-state index >= 15 is 0 Å². The lowest BCUT2D eigenvalue weighted by Gasteiger charge is -2.13. The van der Waals surface area contributed by atoms with Gasteiger partial charge in [-0.05, 0) is 76.4 Å². The first-order valence-electron chi connectivity index (χ1n) is 9.92. The van der Waals surface area contributed by atoms with Gasteiger partial charge in [0, 0.05) is 10.4 Å². The Morgan fingerprint density at radius 2 is 1.34 bits per heavy atom. The molecule has 0 N–H and O–H groups in total. The Morgan fingerprint density at radius 1 is 0.844 bits per heavy atom. The smallest absolute Gasteiger partial charge is 0.226 e. The molecule has 5 rings (SSSR count). The number of hydrogen-bond acceptors (Lipinski definition) is 2. The fourth-order valence-electron chi connectivity index (χ4n) is 5.04. The van der Waals surface area contributed by atoms with Crippen molar-refractivity contribution in [1.82, 2.24) is 0 Å².